The Balaban J connectivity index is 1.95. The minimum absolute atomic E-state index is 0.702. The highest BCUT2D eigenvalue weighted by atomic mass is 32.1. The van der Waals surface area contributed by atoms with Crippen molar-refractivity contribution in [3.05, 3.63) is 45.9 Å². The van der Waals surface area contributed by atoms with Crippen molar-refractivity contribution in [3.8, 4) is 0 Å². The van der Waals surface area contributed by atoms with Gasteiger partial charge in [-0.25, -0.2) is 0 Å². The van der Waals surface area contributed by atoms with E-state index >= 15 is 0 Å². The molecular weight excluding hydrogens is 252 g/mol. The zero-order valence-corrected chi connectivity index (χ0v) is 13.0. The Labute approximate surface area is 120 Å². The molecule has 1 N–H and O–H groups in total. The second kappa shape index (κ2) is 6.92. The van der Waals surface area contributed by atoms with E-state index in [0.29, 0.717) is 5.92 Å². The van der Waals surface area contributed by atoms with Crippen LogP contribution in [0.3, 0.4) is 0 Å². The SMILES string of the molecule is CCc1ccc(Cn2cccc2CNCC(C)C)s1. The van der Waals surface area contributed by atoms with Crippen LogP contribution in [0.5, 0.6) is 0 Å². The molecule has 0 saturated carbocycles. The highest BCUT2D eigenvalue weighted by Crippen LogP contribution is 2.19. The van der Waals surface area contributed by atoms with Crippen LogP contribution in [0.25, 0.3) is 0 Å². The van der Waals surface area contributed by atoms with Crippen LogP contribution in [0.4, 0.5) is 0 Å². The van der Waals surface area contributed by atoms with Gasteiger partial charge in [0.15, 0.2) is 0 Å². The fourth-order valence-electron chi connectivity index (χ4n) is 2.12. The summed E-state index contributed by atoms with van der Waals surface area (Å²) in [5, 5.41) is 3.51. The van der Waals surface area contributed by atoms with E-state index < -0.39 is 0 Å². The zero-order chi connectivity index (χ0) is 13.7. The number of aryl methyl sites for hydroxylation is 1. The zero-order valence-electron chi connectivity index (χ0n) is 12.1. The van der Waals surface area contributed by atoms with Crippen molar-refractivity contribution in [1.29, 1.82) is 0 Å². The maximum Gasteiger partial charge on any atom is 0.0566 e. The van der Waals surface area contributed by atoms with Gasteiger partial charge in [0.05, 0.1) is 6.54 Å². The molecule has 0 bridgehead atoms. The molecule has 0 aliphatic rings. The monoisotopic (exact) mass is 276 g/mol. The van der Waals surface area contributed by atoms with Crippen LogP contribution < -0.4 is 5.32 Å². The second-order valence-electron chi connectivity index (χ2n) is 5.37. The summed E-state index contributed by atoms with van der Waals surface area (Å²) in [5.41, 5.74) is 1.37. The van der Waals surface area contributed by atoms with Gasteiger partial charge in [0, 0.05) is 28.2 Å². The lowest BCUT2D eigenvalue weighted by atomic mass is 10.2. The first kappa shape index (κ1) is 14.4. The maximum atomic E-state index is 3.51. The lowest BCUT2D eigenvalue weighted by Crippen LogP contribution is -2.20. The molecule has 0 atom stereocenters. The van der Waals surface area contributed by atoms with Crippen LogP contribution in [0.2, 0.25) is 0 Å². The third kappa shape index (κ3) is 4.22. The van der Waals surface area contributed by atoms with E-state index in [0.717, 1.165) is 26.1 Å². The third-order valence-electron chi connectivity index (χ3n) is 3.17. The Hall–Kier alpha value is -1.06. The van der Waals surface area contributed by atoms with Gasteiger partial charge in [-0.1, -0.05) is 20.8 Å². The van der Waals surface area contributed by atoms with E-state index in [4.69, 9.17) is 0 Å². The summed E-state index contributed by atoms with van der Waals surface area (Å²) in [6.07, 6.45) is 3.32. The minimum atomic E-state index is 0.702. The minimum Gasteiger partial charge on any atom is -0.345 e. The Morgan fingerprint density at radius 2 is 2.00 bits per heavy atom. The summed E-state index contributed by atoms with van der Waals surface area (Å²) in [5.74, 6) is 0.702. The molecule has 0 radical (unpaired) electrons. The molecule has 0 aliphatic heterocycles. The molecule has 2 heterocycles. The van der Waals surface area contributed by atoms with Crippen LogP contribution in [0, 0.1) is 5.92 Å². The predicted octanol–water partition coefficient (Wildman–Crippen LogP) is 3.91. The normalized spacial score (nSPS) is 11.4. The van der Waals surface area contributed by atoms with E-state index in [9.17, 15) is 0 Å². The maximum absolute atomic E-state index is 3.51. The number of aromatic nitrogens is 1. The molecule has 0 aromatic carbocycles. The molecule has 0 amide bonds. The Morgan fingerprint density at radius 3 is 2.68 bits per heavy atom. The topological polar surface area (TPSA) is 17.0 Å². The van der Waals surface area contributed by atoms with Crippen LogP contribution in [0.1, 0.15) is 36.2 Å². The number of thiophene rings is 1. The van der Waals surface area contributed by atoms with Crippen LogP contribution in [-0.4, -0.2) is 11.1 Å². The highest BCUT2D eigenvalue weighted by molar-refractivity contribution is 7.11. The summed E-state index contributed by atoms with van der Waals surface area (Å²) >= 11 is 1.93. The smallest absolute Gasteiger partial charge is 0.0566 e. The van der Waals surface area contributed by atoms with E-state index in [1.165, 1.54) is 15.4 Å². The van der Waals surface area contributed by atoms with Gasteiger partial charge >= 0.3 is 0 Å². The standard InChI is InChI=1S/C16H24N2S/c1-4-15-7-8-16(19-15)12-18-9-5-6-14(18)11-17-10-13(2)3/h5-9,13,17H,4,10-12H2,1-3H3. The lowest BCUT2D eigenvalue weighted by Gasteiger charge is -2.10. The second-order valence-corrected chi connectivity index (χ2v) is 6.63. The van der Waals surface area contributed by atoms with Crippen molar-refractivity contribution in [1.82, 2.24) is 9.88 Å². The first-order valence-electron chi connectivity index (χ1n) is 7.11. The van der Waals surface area contributed by atoms with Crippen LogP contribution in [0.15, 0.2) is 30.5 Å². The van der Waals surface area contributed by atoms with Gasteiger partial charge in [0.1, 0.15) is 0 Å². The van der Waals surface area contributed by atoms with Crippen molar-refractivity contribution in [2.24, 2.45) is 5.92 Å². The molecule has 0 aliphatic carbocycles. The summed E-state index contributed by atoms with van der Waals surface area (Å²) in [4.78, 5) is 2.92. The van der Waals surface area contributed by atoms with Crippen LogP contribution in [-0.2, 0) is 19.5 Å². The summed E-state index contributed by atoms with van der Waals surface area (Å²) in [6, 6.07) is 8.86. The van der Waals surface area contributed by atoms with Gasteiger partial charge in [0.25, 0.3) is 0 Å². The fraction of sp³-hybridized carbons (Fsp3) is 0.500. The number of hydrogen-bond donors (Lipinski definition) is 1. The molecule has 0 unspecified atom stereocenters. The first-order valence-corrected chi connectivity index (χ1v) is 7.93. The average Bonchev–Trinajstić information content (AvgIpc) is 2.99. The predicted molar refractivity (Wildman–Crippen MR) is 83.8 cm³/mol. The van der Waals surface area contributed by atoms with Crippen molar-refractivity contribution >= 4 is 11.3 Å². The molecule has 0 saturated heterocycles. The van der Waals surface area contributed by atoms with Gasteiger partial charge in [-0.2, -0.15) is 0 Å². The van der Waals surface area contributed by atoms with Crippen molar-refractivity contribution < 1.29 is 0 Å². The number of rotatable bonds is 7. The summed E-state index contributed by atoms with van der Waals surface area (Å²) < 4.78 is 2.35. The van der Waals surface area contributed by atoms with E-state index in [1.807, 2.05) is 11.3 Å². The third-order valence-corrected chi connectivity index (χ3v) is 4.39. The Kier molecular flexibility index (Phi) is 5.23. The van der Waals surface area contributed by atoms with Crippen molar-refractivity contribution in [2.45, 2.75) is 40.3 Å². The molecule has 19 heavy (non-hydrogen) atoms. The lowest BCUT2D eigenvalue weighted by molar-refractivity contribution is 0.539. The van der Waals surface area contributed by atoms with Gasteiger partial charge in [-0.3, -0.25) is 0 Å². The van der Waals surface area contributed by atoms with Gasteiger partial charge in [0.2, 0.25) is 0 Å². The molecule has 104 valence electrons. The number of hydrogen-bond acceptors (Lipinski definition) is 2. The van der Waals surface area contributed by atoms with E-state index in [-0.39, 0.29) is 0 Å². The summed E-state index contributed by atoms with van der Waals surface area (Å²) in [6.45, 7) is 9.72. The Morgan fingerprint density at radius 1 is 1.21 bits per heavy atom. The quantitative estimate of drug-likeness (QED) is 0.811. The molecular formula is C16H24N2S. The molecule has 2 aromatic rings. The molecule has 2 nitrogen and oxygen atoms in total. The van der Waals surface area contributed by atoms with E-state index in [2.05, 4.69) is 61.1 Å². The highest BCUT2D eigenvalue weighted by Gasteiger charge is 2.04. The number of nitrogens with one attached hydrogen (secondary N) is 1. The molecule has 0 fully saturated rings. The average molecular weight is 276 g/mol. The fourth-order valence-corrected chi connectivity index (χ4v) is 3.08. The Bertz CT molecular complexity index is 496. The van der Waals surface area contributed by atoms with Gasteiger partial charge < -0.3 is 9.88 Å². The first-order chi connectivity index (χ1) is 9.19. The van der Waals surface area contributed by atoms with E-state index in [1.54, 1.807) is 0 Å². The van der Waals surface area contributed by atoms with Gasteiger partial charge in [-0.15, -0.1) is 11.3 Å². The summed E-state index contributed by atoms with van der Waals surface area (Å²) in [7, 11) is 0. The van der Waals surface area contributed by atoms with Crippen LogP contribution >= 0.6 is 11.3 Å². The van der Waals surface area contributed by atoms with Gasteiger partial charge in [-0.05, 0) is 43.1 Å². The van der Waals surface area contributed by atoms with Crippen molar-refractivity contribution in [3.63, 3.8) is 0 Å². The molecule has 0 spiro atoms. The molecule has 3 heteroatoms. The molecule has 2 rings (SSSR count). The number of nitrogens with zero attached hydrogens (tertiary/aromatic N) is 1. The van der Waals surface area contributed by atoms with Crippen molar-refractivity contribution in [2.75, 3.05) is 6.54 Å². The largest absolute Gasteiger partial charge is 0.345 e. The molecule has 2 aromatic heterocycles.